The van der Waals surface area contributed by atoms with Crippen LogP contribution in [0.4, 0.5) is 0 Å². The first-order valence-corrected chi connectivity index (χ1v) is 10.9. The van der Waals surface area contributed by atoms with E-state index in [1.165, 1.54) is 0 Å². The Morgan fingerprint density at radius 1 is 1.35 bits per heavy atom. The van der Waals surface area contributed by atoms with Gasteiger partial charge in [-0.15, -0.1) is 0 Å². The van der Waals surface area contributed by atoms with Crippen LogP contribution in [0.2, 0.25) is 18.1 Å². The molecule has 4 nitrogen and oxygen atoms in total. The lowest BCUT2D eigenvalue weighted by molar-refractivity contribution is 0.0526. The van der Waals surface area contributed by atoms with Crippen molar-refractivity contribution in [2.24, 2.45) is 0 Å². The fourth-order valence-electron chi connectivity index (χ4n) is 1.67. The first-order chi connectivity index (χ1) is 10.6. The van der Waals surface area contributed by atoms with Crippen molar-refractivity contribution >= 4 is 20.4 Å². The molecule has 1 aromatic heterocycles. The molecule has 1 heterocycles. The number of ether oxygens (including phenoxy) is 1. The summed E-state index contributed by atoms with van der Waals surface area (Å²) in [7, 11) is -1.76. The summed E-state index contributed by atoms with van der Waals surface area (Å²) in [6.45, 7) is 15.9. The zero-order chi connectivity index (χ0) is 17.7. The molecule has 0 saturated heterocycles. The van der Waals surface area contributed by atoms with Crippen LogP contribution < -0.4 is 0 Å². The highest BCUT2D eigenvalue weighted by Crippen LogP contribution is 2.36. The molecule has 1 rings (SSSR count). The van der Waals surface area contributed by atoms with Crippen molar-refractivity contribution < 1.29 is 14.0 Å². The Bertz CT molecular complexity index is 574. The second kappa shape index (κ2) is 7.88. The standard InChI is InChI=1S/C18H29NO3Si/c1-8-21-17(20)15-9-10-19-16(12-15)11-14(2)13-22-23(6,7)18(3,4)5/h9-12H,8,13H2,1-7H3/b14-11+. The Morgan fingerprint density at radius 2 is 2.00 bits per heavy atom. The molecule has 0 bridgehead atoms. The summed E-state index contributed by atoms with van der Waals surface area (Å²) in [5.41, 5.74) is 2.35. The SMILES string of the molecule is CCOC(=O)c1ccnc(/C=C(\C)CO[Si](C)(C)C(C)(C)C)c1. The van der Waals surface area contributed by atoms with E-state index in [-0.39, 0.29) is 11.0 Å². The van der Waals surface area contributed by atoms with Crippen molar-refractivity contribution in [1.82, 2.24) is 4.98 Å². The Balaban J connectivity index is 2.79. The van der Waals surface area contributed by atoms with E-state index >= 15 is 0 Å². The van der Waals surface area contributed by atoms with Crippen molar-refractivity contribution in [3.8, 4) is 0 Å². The molecule has 5 heteroatoms. The fraction of sp³-hybridized carbons (Fsp3) is 0.556. The molecule has 0 radical (unpaired) electrons. The van der Waals surface area contributed by atoms with E-state index in [9.17, 15) is 4.79 Å². The van der Waals surface area contributed by atoms with Crippen LogP contribution >= 0.6 is 0 Å². The van der Waals surface area contributed by atoms with Gasteiger partial charge in [-0.2, -0.15) is 0 Å². The molecule has 0 saturated carbocycles. The average Bonchev–Trinajstić information content (AvgIpc) is 2.44. The second-order valence-corrected chi connectivity index (χ2v) is 12.0. The van der Waals surface area contributed by atoms with E-state index in [2.05, 4.69) is 38.8 Å². The normalized spacial score (nSPS) is 13.1. The number of hydrogen-bond acceptors (Lipinski definition) is 4. The lowest BCUT2D eigenvalue weighted by Gasteiger charge is -2.36. The topological polar surface area (TPSA) is 48.4 Å². The van der Waals surface area contributed by atoms with E-state index in [4.69, 9.17) is 9.16 Å². The molecule has 0 spiro atoms. The van der Waals surface area contributed by atoms with E-state index in [0.717, 1.165) is 11.3 Å². The highest BCUT2D eigenvalue weighted by atomic mass is 28.4. The maximum atomic E-state index is 11.8. The van der Waals surface area contributed by atoms with Crippen LogP contribution in [0.25, 0.3) is 6.08 Å². The minimum absolute atomic E-state index is 0.190. The Labute approximate surface area is 141 Å². The van der Waals surface area contributed by atoms with Gasteiger partial charge in [0.05, 0.1) is 24.5 Å². The van der Waals surface area contributed by atoms with Crippen LogP contribution in [0, 0.1) is 0 Å². The summed E-state index contributed by atoms with van der Waals surface area (Å²) in [6, 6.07) is 3.41. The third-order valence-corrected chi connectivity index (χ3v) is 8.63. The van der Waals surface area contributed by atoms with E-state index in [0.29, 0.717) is 18.8 Å². The van der Waals surface area contributed by atoms with E-state index in [1.807, 2.05) is 13.0 Å². The number of aromatic nitrogens is 1. The number of pyridine rings is 1. The van der Waals surface area contributed by atoms with Gasteiger partial charge in [0.1, 0.15) is 0 Å². The number of rotatable bonds is 6. The van der Waals surface area contributed by atoms with Crippen LogP contribution in [0.1, 0.15) is 50.7 Å². The highest BCUT2D eigenvalue weighted by Gasteiger charge is 2.36. The quantitative estimate of drug-likeness (QED) is 0.559. The molecule has 128 valence electrons. The van der Waals surface area contributed by atoms with Crippen LogP contribution in [-0.2, 0) is 9.16 Å². The molecule has 0 aliphatic carbocycles. The third-order valence-electron chi connectivity index (χ3n) is 4.15. The van der Waals surface area contributed by atoms with Crippen LogP contribution in [0.5, 0.6) is 0 Å². The number of esters is 1. The van der Waals surface area contributed by atoms with Crippen LogP contribution in [0.15, 0.2) is 23.9 Å². The number of hydrogen-bond donors (Lipinski definition) is 0. The van der Waals surface area contributed by atoms with Gasteiger partial charge >= 0.3 is 5.97 Å². The largest absolute Gasteiger partial charge is 0.462 e. The van der Waals surface area contributed by atoms with E-state index in [1.54, 1.807) is 25.3 Å². The van der Waals surface area contributed by atoms with Gasteiger partial charge in [0.2, 0.25) is 0 Å². The zero-order valence-corrected chi connectivity index (χ0v) is 16.4. The monoisotopic (exact) mass is 335 g/mol. The molecule has 0 atom stereocenters. The molecule has 0 aliphatic rings. The summed E-state index contributed by atoms with van der Waals surface area (Å²) in [5.74, 6) is -0.320. The predicted octanol–water partition coefficient (Wildman–Crippen LogP) is 4.68. The van der Waals surface area contributed by atoms with Gasteiger partial charge in [0.15, 0.2) is 8.32 Å². The zero-order valence-electron chi connectivity index (χ0n) is 15.4. The average molecular weight is 336 g/mol. The summed E-state index contributed by atoms with van der Waals surface area (Å²) in [5, 5.41) is 0.190. The second-order valence-electron chi connectivity index (χ2n) is 7.23. The number of carbonyl (C=O) groups is 1. The van der Waals surface area contributed by atoms with Gasteiger partial charge in [-0.25, -0.2) is 4.79 Å². The van der Waals surface area contributed by atoms with Gasteiger partial charge in [-0.1, -0.05) is 20.8 Å². The lowest BCUT2D eigenvalue weighted by atomic mass is 10.2. The molecule has 0 fully saturated rings. The summed E-state index contributed by atoms with van der Waals surface area (Å²) in [4.78, 5) is 16.0. The fourth-order valence-corrected chi connectivity index (χ4v) is 2.70. The first kappa shape index (κ1) is 19.6. The van der Waals surface area contributed by atoms with Gasteiger partial charge in [-0.3, -0.25) is 4.98 Å². The van der Waals surface area contributed by atoms with Gasteiger partial charge in [0.25, 0.3) is 0 Å². The predicted molar refractivity (Wildman–Crippen MR) is 97.0 cm³/mol. The Morgan fingerprint density at radius 3 is 2.57 bits per heavy atom. The summed E-state index contributed by atoms with van der Waals surface area (Å²) in [6.07, 6.45) is 3.58. The van der Waals surface area contributed by atoms with Crippen molar-refractivity contribution in [1.29, 1.82) is 0 Å². The number of carbonyl (C=O) groups excluding carboxylic acids is 1. The molecule has 0 N–H and O–H groups in total. The van der Waals surface area contributed by atoms with Gasteiger partial charge in [-0.05, 0) is 55.8 Å². The van der Waals surface area contributed by atoms with Crippen LogP contribution in [-0.4, -0.2) is 32.5 Å². The summed E-state index contributed by atoms with van der Waals surface area (Å²) >= 11 is 0. The maximum absolute atomic E-state index is 11.8. The molecule has 0 amide bonds. The molecule has 0 aromatic carbocycles. The molecule has 0 unspecified atom stereocenters. The summed E-state index contributed by atoms with van der Waals surface area (Å²) < 4.78 is 11.2. The van der Waals surface area contributed by atoms with Gasteiger partial charge in [0, 0.05) is 6.20 Å². The molecular formula is C18H29NO3Si. The van der Waals surface area contributed by atoms with Crippen molar-refractivity contribution in [2.75, 3.05) is 13.2 Å². The highest BCUT2D eigenvalue weighted by molar-refractivity contribution is 6.74. The van der Waals surface area contributed by atoms with Crippen molar-refractivity contribution in [3.05, 3.63) is 35.2 Å². The lowest BCUT2D eigenvalue weighted by Crippen LogP contribution is -2.41. The molecule has 23 heavy (non-hydrogen) atoms. The minimum Gasteiger partial charge on any atom is -0.462 e. The third kappa shape index (κ3) is 5.92. The van der Waals surface area contributed by atoms with E-state index < -0.39 is 8.32 Å². The van der Waals surface area contributed by atoms with Gasteiger partial charge < -0.3 is 9.16 Å². The molecule has 0 aliphatic heterocycles. The van der Waals surface area contributed by atoms with Crippen molar-refractivity contribution in [2.45, 2.75) is 52.8 Å². The maximum Gasteiger partial charge on any atom is 0.338 e. The Hall–Kier alpha value is -1.46. The first-order valence-electron chi connectivity index (χ1n) is 8.01. The van der Waals surface area contributed by atoms with Crippen molar-refractivity contribution in [3.63, 3.8) is 0 Å². The number of nitrogens with zero attached hydrogens (tertiary/aromatic N) is 1. The minimum atomic E-state index is -1.76. The smallest absolute Gasteiger partial charge is 0.338 e. The Kier molecular flexibility index (Phi) is 6.71. The van der Waals surface area contributed by atoms with Crippen LogP contribution in [0.3, 0.4) is 0 Å². The molecule has 1 aromatic rings. The molecular weight excluding hydrogens is 306 g/mol.